The molecule has 1 fully saturated rings. The molecule has 104 valence electrons. The Morgan fingerprint density at radius 1 is 1.47 bits per heavy atom. The van der Waals surface area contributed by atoms with Crippen LogP contribution in [-0.2, 0) is 0 Å². The van der Waals surface area contributed by atoms with Gasteiger partial charge in [0.25, 0.3) is 0 Å². The van der Waals surface area contributed by atoms with Crippen molar-refractivity contribution in [2.75, 3.05) is 31.6 Å². The highest BCUT2D eigenvalue weighted by Crippen LogP contribution is 2.27. The molecule has 1 aromatic carbocycles. The Morgan fingerprint density at radius 2 is 2.21 bits per heavy atom. The molecule has 0 aromatic heterocycles. The lowest BCUT2D eigenvalue weighted by atomic mass is 10.1. The Morgan fingerprint density at radius 3 is 2.84 bits per heavy atom. The Bertz CT molecular complexity index is 479. The van der Waals surface area contributed by atoms with Gasteiger partial charge in [0, 0.05) is 30.1 Å². The number of carboxylic acids is 1. The number of hydrogen-bond acceptors (Lipinski definition) is 3. The standard InChI is InChI=1S/C14H19BrN2O2/c1-3-11-9-17(7-6-16(11)2)13-5-4-10(15)8-12(13)14(18)19/h4-5,8,11H,3,6-7,9H2,1-2H3,(H,18,19). The lowest BCUT2D eigenvalue weighted by Crippen LogP contribution is -2.51. The Hall–Kier alpha value is -1.07. The minimum atomic E-state index is -0.872. The van der Waals surface area contributed by atoms with Crippen molar-refractivity contribution in [3.63, 3.8) is 0 Å². The van der Waals surface area contributed by atoms with Gasteiger partial charge in [0.15, 0.2) is 0 Å². The number of nitrogens with zero attached hydrogens (tertiary/aromatic N) is 2. The van der Waals surface area contributed by atoms with Crippen LogP contribution in [0.1, 0.15) is 23.7 Å². The lowest BCUT2D eigenvalue weighted by Gasteiger charge is -2.40. The first kappa shape index (κ1) is 14.3. The third-order valence-electron chi connectivity index (χ3n) is 3.78. The molecule has 1 atom stereocenters. The zero-order chi connectivity index (χ0) is 14.0. The van der Waals surface area contributed by atoms with Gasteiger partial charge in [0.2, 0.25) is 0 Å². The van der Waals surface area contributed by atoms with Crippen LogP contribution in [0.15, 0.2) is 22.7 Å². The number of hydrogen-bond donors (Lipinski definition) is 1. The molecule has 1 aliphatic heterocycles. The highest BCUT2D eigenvalue weighted by molar-refractivity contribution is 9.10. The lowest BCUT2D eigenvalue weighted by molar-refractivity contribution is 0.0697. The van der Waals surface area contributed by atoms with Gasteiger partial charge >= 0.3 is 5.97 Å². The summed E-state index contributed by atoms with van der Waals surface area (Å²) in [6, 6.07) is 5.96. The molecule has 0 saturated carbocycles. The SMILES string of the molecule is CCC1CN(c2ccc(Br)cc2C(=O)O)CCN1C. The van der Waals surface area contributed by atoms with Crippen LogP contribution in [-0.4, -0.2) is 48.7 Å². The van der Waals surface area contributed by atoms with E-state index in [1.165, 1.54) is 0 Å². The van der Waals surface area contributed by atoms with Crippen molar-refractivity contribution in [3.05, 3.63) is 28.2 Å². The molecule has 0 spiro atoms. The molecule has 5 heteroatoms. The van der Waals surface area contributed by atoms with E-state index in [4.69, 9.17) is 0 Å². The predicted octanol–water partition coefficient (Wildman–Crippen LogP) is 2.68. The molecule has 1 unspecified atom stereocenters. The molecule has 19 heavy (non-hydrogen) atoms. The third-order valence-corrected chi connectivity index (χ3v) is 4.27. The summed E-state index contributed by atoms with van der Waals surface area (Å²) in [5.41, 5.74) is 1.19. The molecular formula is C14H19BrN2O2. The molecule has 0 aliphatic carbocycles. The molecule has 1 aromatic rings. The normalized spacial score (nSPS) is 20.6. The number of likely N-dealkylation sites (N-methyl/N-ethyl adjacent to an activating group) is 1. The minimum Gasteiger partial charge on any atom is -0.478 e. The summed E-state index contributed by atoms with van der Waals surface area (Å²) in [6.07, 6.45) is 1.08. The zero-order valence-corrected chi connectivity index (χ0v) is 12.9. The maximum Gasteiger partial charge on any atom is 0.337 e. The van der Waals surface area contributed by atoms with Gasteiger partial charge in [-0.05, 0) is 31.7 Å². The van der Waals surface area contributed by atoms with E-state index in [0.29, 0.717) is 11.6 Å². The van der Waals surface area contributed by atoms with E-state index in [1.54, 1.807) is 6.07 Å². The number of anilines is 1. The van der Waals surface area contributed by atoms with Gasteiger partial charge in [-0.25, -0.2) is 4.79 Å². The van der Waals surface area contributed by atoms with Crippen LogP contribution in [0.4, 0.5) is 5.69 Å². The minimum absolute atomic E-state index is 0.369. The number of aromatic carboxylic acids is 1. The number of benzene rings is 1. The predicted molar refractivity (Wildman–Crippen MR) is 80.0 cm³/mol. The number of carbonyl (C=O) groups is 1. The van der Waals surface area contributed by atoms with E-state index >= 15 is 0 Å². The molecule has 1 heterocycles. The second-order valence-corrected chi connectivity index (χ2v) is 5.87. The molecule has 0 amide bonds. The van der Waals surface area contributed by atoms with Crippen molar-refractivity contribution in [2.45, 2.75) is 19.4 Å². The highest BCUT2D eigenvalue weighted by atomic mass is 79.9. The van der Waals surface area contributed by atoms with Crippen molar-refractivity contribution in [1.82, 2.24) is 4.90 Å². The summed E-state index contributed by atoms with van der Waals surface area (Å²) < 4.78 is 0.801. The molecule has 0 radical (unpaired) electrons. The van der Waals surface area contributed by atoms with Gasteiger partial charge in [-0.1, -0.05) is 22.9 Å². The van der Waals surface area contributed by atoms with Gasteiger partial charge in [-0.2, -0.15) is 0 Å². The van der Waals surface area contributed by atoms with Gasteiger partial charge < -0.3 is 10.0 Å². The monoisotopic (exact) mass is 326 g/mol. The van der Waals surface area contributed by atoms with Crippen LogP contribution < -0.4 is 4.90 Å². The first-order chi connectivity index (χ1) is 9.02. The molecule has 1 saturated heterocycles. The van der Waals surface area contributed by atoms with Crippen molar-refractivity contribution in [2.24, 2.45) is 0 Å². The third kappa shape index (κ3) is 3.09. The van der Waals surface area contributed by atoms with Gasteiger partial charge in [-0.3, -0.25) is 4.90 Å². The molecule has 4 nitrogen and oxygen atoms in total. The first-order valence-corrected chi connectivity index (χ1v) is 7.30. The second-order valence-electron chi connectivity index (χ2n) is 4.96. The molecular weight excluding hydrogens is 308 g/mol. The van der Waals surface area contributed by atoms with Gasteiger partial charge in [-0.15, -0.1) is 0 Å². The summed E-state index contributed by atoms with van der Waals surface area (Å²) >= 11 is 3.33. The number of piperazine rings is 1. The van der Waals surface area contributed by atoms with E-state index < -0.39 is 5.97 Å². The second kappa shape index (κ2) is 5.92. The van der Waals surface area contributed by atoms with Gasteiger partial charge in [0.1, 0.15) is 0 Å². The fourth-order valence-electron chi connectivity index (χ4n) is 2.56. The summed E-state index contributed by atoms with van der Waals surface area (Å²) in [6.45, 7) is 4.89. The summed E-state index contributed by atoms with van der Waals surface area (Å²) in [5.74, 6) is -0.872. The average molecular weight is 327 g/mol. The van der Waals surface area contributed by atoms with Crippen molar-refractivity contribution >= 4 is 27.6 Å². The summed E-state index contributed by atoms with van der Waals surface area (Å²) in [4.78, 5) is 15.9. The quantitative estimate of drug-likeness (QED) is 0.927. The van der Waals surface area contributed by atoms with E-state index in [2.05, 4.69) is 39.7 Å². The Labute approximate surface area is 122 Å². The first-order valence-electron chi connectivity index (χ1n) is 6.51. The largest absolute Gasteiger partial charge is 0.478 e. The van der Waals surface area contributed by atoms with Crippen molar-refractivity contribution in [3.8, 4) is 0 Å². The smallest absolute Gasteiger partial charge is 0.337 e. The molecule has 2 rings (SSSR count). The maximum absolute atomic E-state index is 11.4. The van der Waals surface area contributed by atoms with Crippen LogP contribution in [0.5, 0.6) is 0 Å². The molecule has 1 N–H and O–H groups in total. The van der Waals surface area contributed by atoms with E-state index in [0.717, 1.165) is 36.2 Å². The van der Waals surface area contributed by atoms with Crippen molar-refractivity contribution in [1.29, 1.82) is 0 Å². The molecule has 1 aliphatic rings. The van der Waals surface area contributed by atoms with E-state index in [9.17, 15) is 9.90 Å². The van der Waals surface area contributed by atoms with E-state index in [1.807, 2.05) is 12.1 Å². The Kier molecular flexibility index (Phi) is 4.47. The summed E-state index contributed by atoms with van der Waals surface area (Å²) in [5, 5.41) is 9.34. The van der Waals surface area contributed by atoms with Gasteiger partial charge in [0.05, 0.1) is 11.3 Å². The van der Waals surface area contributed by atoms with E-state index in [-0.39, 0.29) is 0 Å². The maximum atomic E-state index is 11.4. The average Bonchev–Trinajstić information content (AvgIpc) is 2.39. The highest BCUT2D eigenvalue weighted by Gasteiger charge is 2.25. The molecule has 0 bridgehead atoms. The Balaban J connectivity index is 2.29. The van der Waals surface area contributed by atoms with Crippen LogP contribution in [0, 0.1) is 0 Å². The van der Waals surface area contributed by atoms with Crippen LogP contribution >= 0.6 is 15.9 Å². The van der Waals surface area contributed by atoms with Crippen LogP contribution in [0.25, 0.3) is 0 Å². The van der Waals surface area contributed by atoms with Crippen molar-refractivity contribution < 1.29 is 9.90 Å². The number of rotatable bonds is 3. The van der Waals surface area contributed by atoms with Crippen LogP contribution in [0.3, 0.4) is 0 Å². The topological polar surface area (TPSA) is 43.8 Å². The summed E-state index contributed by atoms with van der Waals surface area (Å²) in [7, 11) is 2.13. The fourth-order valence-corrected chi connectivity index (χ4v) is 2.92. The fraction of sp³-hybridized carbons (Fsp3) is 0.500. The zero-order valence-electron chi connectivity index (χ0n) is 11.3. The number of halogens is 1. The van der Waals surface area contributed by atoms with Crippen LogP contribution in [0.2, 0.25) is 0 Å². The number of carboxylic acid groups (broad SMARTS) is 1.